The largest absolute Gasteiger partial charge is 0.486 e. The van der Waals surface area contributed by atoms with Gasteiger partial charge in [-0.1, -0.05) is 18.2 Å². The van der Waals surface area contributed by atoms with Crippen molar-refractivity contribution in [1.82, 2.24) is 19.7 Å². The normalized spacial score (nSPS) is 12.9. The van der Waals surface area contributed by atoms with Crippen molar-refractivity contribution in [2.24, 2.45) is 0 Å². The molecule has 4 aromatic rings. The molecule has 2 aromatic carbocycles. The lowest BCUT2D eigenvalue weighted by atomic mass is 10.2. The van der Waals surface area contributed by atoms with Gasteiger partial charge in [0.25, 0.3) is 0 Å². The molecular formula is C19H15N5O2. The molecule has 1 N–H and O–H groups in total. The number of fused-ring (bicyclic) bond motifs is 2. The number of ether oxygens (including phenoxy) is 2. The minimum atomic E-state index is 0.554. The summed E-state index contributed by atoms with van der Waals surface area (Å²) in [6, 6.07) is 15.6. The van der Waals surface area contributed by atoms with Gasteiger partial charge in [-0.05, 0) is 24.3 Å². The Morgan fingerprint density at radius 3 is 2.65 bits per heavy atom. The molecule has 26 heavy (non-hydrogen) atoms. The molecule has 0 aliphatic carbocycles. The van der Waals surface area contributed by atoms with Crippen molar-refractivity contribution in [2.75, 3.05) is 18.5 Å². The highest BCUT2D eigenvalue weighted by Gasteiger charge is 2.14. The zero-order valence-electron chi connectivity index (χ0n) is 13.8. The number of anilines is 2. The van der Waals surface area contributed by atoms with Gasteiger partial charge in [-0.15, -0.1) is 0 Å². The maximum Gasteiger partial charge on any atom is 0.168 e. The highest BCUT2D eigenvalue weighted by Crippen LogP contribution is 2.34. The molecular weight excluding hydrogens is 330 g/mol. The predicted octanol–water partition coefficient (Wildman–Crippen LogP) is 3.33. The van der Waals surface area contributed by atoms with Gasteiger partial charge in [-0.2, -0.15) is 5.10 Å². The third kappa shape index (κ3) is 2.50. The molecule has 0 spiro atoms. The molecule has 0 bridgehead atoms. The molecule has 5 rings (SSSR count). The number of nitrogens with zero attached hydrogens (tertiary/aromatic N) is 4. The van der Waals surface area contributed by atoms with Crippen LogP contribution in [0.5, 0.6) is 11.5 Å². The number of benzene rings is 2. The van der Waals surface area contributed by atoms with Crippen LogP contribution in [0, 0.1) is 0 Å². The minimum absolute atomic E-state index is 0.554. The average molecular weight is 345 g/mol. The van der Waals surface area contributed by atoms with Crippen LogP contribution in [0.4, 0.5) is 11.5 Å². The van der Waals surface area contributed by atoms with Crippen LogP contribution < -0.4 is 14.8 Å². The van der Waals surface area contributed by atoms with Gasteiger partial charge in [0.1, 0.15) is 25.4 Å². The zero-order chi connectivity index (χ0) is 17.3. The lowest BCUT2D eigenvalue weighted by molar-refractivity contribution is 0.171. The van der Waals surface area contributed by atoms with Gasteiger partial charge < -0.3 is 14.8 Å². The summed E-state index contributed by atoms with van der Waals surface area (Å²) >= 11 is 0. The second-order valence-electron chi connectivity index (χ2n) is 5.83. The molecule has 0 unspecified atom stereocenters. The Labute approximate surface area is 149 Å². The lowest BCUT2D eigenvalue weighted by Crippen LogP contribution is -2.15. The Morgan fingerprint density at radius 2 is 1.77 bits per heavy atom. The monoisotopic (exact) mass is 345 g/mol. The van der Waals surface area contributed by atoms with Crippen molar-refractivity contribution in [3.63, 3.8) is 0 Å². The predicted molar refractivity (Wildman–Crippen MR) is 97.4 cm³/mol. The van der Waals surface area contributed by atoms with Crippen LogP contribution in [0.25, 0.3) is 16.7 Å². The van der Waals surface area contributed by atoms with Crippen molar-refractivity contribution in [2.45, 2.75) is 0 Å². The van der Waals surface area contributed by atoms with Gasteiger partial charge in [0.15, 0.2) is 17.1 Å². The number of para-hydroxylation sites is 1. The molecule has 0 radical (unpaired) electrons. The van der Waals surface area contributed by atoms with Crippen molar-refractivity contribution in [1.29, 1.82) is 0 Å². The molecule has 0 amide bonds. The second kappa shape index (κ2) is 6.03. The van der Waals surface area contributed by atoms with Crippen molar-refractivity contribution < 1.29 is 9.47 Å². The first-order valence-electron chi connectivity index (χ1n) is 8.29. The molecule has 1 aliphatic heterocycles. The number of aromatic nitrogens is 4. The van der Waals surface area contributed by atoms with E-state index in [2.05, 4.69) is 20.4 Å². The molecule has 1 aliphatic rings. The molecule has 0 saturated heterocycles. The Hall–Kier alpha value is -3.61. The molecule has 0 atom stereocenters. The molecule has 0 fully saturated rings. The minimum Gasteiger partial charge on any atom is -0.486 e. The number of nitrogens with one attached hydrogen (secondary N) is 1. The SMILES string of the molecule is c1ccc(-n2ncc3c(Nc4ccc5c(c4)OCCO5)ncnc32)cc1. The van der Waals surface area contributed by atoms with Crippen molar-refractivity contribution >= 4 is 22.5 Å². The van der Waals surface area contributed by atoms with Gasteiger partial charge in [0.2, 0.25) is 0 Å². The summed E-state index contributed by atoms with van der Waals surface area (Å²) in [5.74, 6) is 2.17. The van der Waals surface area contributed by atoms with Gasteiger partial charge >= 0.3 is 0 Å². The van der Waals surface area contributed by atoms with E-state index in [1.165, 1.54) is 6.33 Å². The third-order valence-corrected chi connectivity index (χ3v) is 4.17. The Balaban J connectivity index is 1.53. The molecule has 0 saturated carbocycles. The summed E-state index contributed by atoms with van der Waals surface area (Å²) in [6.07, 6.45) is 3.30. The van der Waals surface area contributed by atoms with Gasteiger partial charge in [-0.25, -0.2) is 14.6 Å². The van der Waals surface area contributed by atoms with Crippen LogP contribution in [-0.4, -0.2) is 33.0 Å². The van der Waals surface area contributed by atoms with Crippen LogP contribution in [0.3, 0.4) is 0 Å². The number of rotatable bonds is 3. The second-order valence-corrected chi connectivity index (χ2v) is 5.83. The van der Waals surface area contributed by atoms with E-state index in [9.17, 15) is 0 Å². The van der Waals surface area contributed by atoms with E-state index in [0.717, 1.165) is 33.9 Å². The number of hydrogen-bond donors (Lipinski definition) is 1. The molecule has 3 heterocycles. The maximum atomic E-state index is 5.64. The van der Waals surface area contributed by atoms with E-state index in [4.69, 9.17) is 9.47 Å². The van der Waals surface area contributed by atoms with E-state index in [1.54, 1.807) is 10.9 Å². The summed E-state index contributed by atoms with van der Waals surface area (Å²) in [6.45, 7) is 1.13. The summed E-state index contributed by atoms with van der Waals surface area (Å²) < 4.78 is 13.0. The van der Waals surface area contributed by atoms with E-state index in [0.29, 0.717) is 19.0 Å². The van der Waals surface area contributed by atoms with Crippen molar-refractivity contribution in [3.8, 4) is 17.2 Å². The van der Waals surface area contributed by atoms with Crippen LogP contribution in [0.2, 0.25) is 0 Å². The summed E-state index contributed by atoms with van der Waals surface area (Å²) in [5, 5.41) is 8.63. The fourth-order valence-corrected chi connectivity index (χ4v) is 2.96. The summed E-state index contributed by atoms with van der Waals surface area (Å²) in [4.78, 5) is 8.77. The van der Waals surface area contributed by atoms with Crippen molar-refractivity contribution in [3.05, 3.63) is 61.1 Å². The van der Waals surface area contributed by atoms with E-state index in [1.807, 2.05) is 48.5 Å². The zero-order valence-corrected chi connectivity index (χ0v) is 13.8. The first kappa shape index (κ1) is 14.7. The quantitative estimate of drug-likeness (QED) is 0.614. The number of hydrogen-bond acceptors (Lipinski definition) is 6. The highest BCUT2D eigenvalue weighted by atomic mass is 16.6. The van der Waals surface area contributed by atoms with E-state index >= 15 is 0 Å². The maximum absolute atomic E-state index is 5.64. The van der Waals surface area contributed by atoms with Crippen LogP contribution >= 0.6 is 0 Å². The fourth-order valence-electron chi connectivity index (χ4n) is 2.96. The summed E-state index contributed by atoms with van der Waals surface area (Å²) in [7, 11) is 0. The fraction of sp³-hybridized carbons (Fsp3) is 0.105. The molecule has 7 nitrogen and oxygen atoms in total. The van der Waals surface area contributed by atoms with Gasteiger partial charge in [0.05, 0.1) is 17.3 Å². The molecule has 2 aromatic heterocycles. The topological polar surface area (TPSA) is 74.1 Å². The average Bonchev–Trinajstić information content (AvgIpc) is 3.14. The first-order valence-corrected chi connectivity index (χ1v) is 8.29. The van der Waals surface area contributed by atoms with Crippen LogP contribution in [0.1, 0.15) is 0 Å². The van der Waals surface area contributed by atoms with Crippen LogP contribution in [0.15, 0.2) is 61.1 Å². The van der Waals surface area contributed by atoms with E-state index in [-0.39, 0.29) is 0 Å². The van der Waals surface area contributed by atoms with Crippen LogP contribution in [-0.2, 0) is 0 Å². The highest BCUT2D eigenvalue weighted by molar-refractivity contribution is 5.89. The third-order valence-electron chi connectivity index (χ3n) is 4.17. The Bertz CT molecular complexity index is 1080. The molecule has 7 heteroatoms. The van der Waals surface area contributed by atoms with Gasteiger partial charge in [-0.3, -0.25) is 0 Å². The molecule has 128 valence electrons. The van der Waals surface area contributed by atoms with Gasteiger partial charge in [0, 0.05) is 11.8 Å². The lowest BCUT2D eigenvalue weighted by Gasteiger charge is -2.19. The standard InChI is InChI=1S/C19H15N5O2/c1-2-4-14(5-3-1)24-19-15(11-22-24)18(20-12-21-19)23-13-6-7-16-17(10-13)26-9-8-25-16/h1-7,10-12H,8-9H2,(H,20,21,23). The smallest absolute Gasteiger partial charge is 0.168 e. The first-order chi connectivity index (χ1) is 12.9. The summed E-state index contributed by atoms with van der Waals surface area (Å²) in [5.41, 5.74) is 2.56. The van der Waals surface area contributed by atoms with E-state index < -0.39 is 0 Å². The Morgan fingerprint density at radius 1 is 0.923 bits per heavy atom. The Kier molecular flexibility index (Phi) is 3.41.